The second-order valence-corrected chi connectivity index (χ2v) is 5.15. The molecule has 0 aromatic carbocycles. The van der Waals surface area contributed by atoms with Crippen LogP contribution < -0.4 is 10.6 Å². The number of likely N-dealkylation sites (N-methyl/N-ethyl adjacent to an activating group) is 1. The van der Waals surface area contributed by atoms with E-state index in [1.54, 1.807) is 11.3 Å². The summed E-state index contributed by atoms with van der Waals surface area (Å²) in [4.78, 5) is 4.42. The van der Waals surface area contributed by atoms with E-state index >= 15 is 0 Å². The molecule has 0 spiro atoms. The lowest BCUT2D eigenvalue weighted by Crippen LogP contribution is -2.38. The van der Waals surface area contributed by atoms with Gasteiger partial charge >= 0.3 is 0 Å². The van der Waals surface area contributed by atoms with Gasteiger partial charge < -0.3 is 15.4 Å². The van der Waals surface area contributed by atoms with Crippen molar-refractivity contribution in [3.63, 3.8) is 0 Å². The minimum Gasteiger partial charge on any atom is -0.379 e. The molecule has 0 amide bonds. The van der Waals surface area contributed by atoms with Crippen molar-refractivity contribution in [3.05, 3.63) is 16.1 Å². The van der Waals surface area contributed by atoms with E-state index in [-0.39, 0.29) is 0 Å². The molecule has 2 N–H and O–H groups in total. The highest BCUT2D eigenvalue weighted by molar-refractivity contribution is 7.09. The molecule has 2 atom stereocenters. The number of nitrogens with zero attached hydrogens (tertiary/aromatic N) is 1. The summed E-state index contributed by atoms with van der Waals surface area (Å²) in [6.07, 6.45) is 0. The number of aryl methyl sites for hydroxylation is 1. The quantitative estimate of drug-likeness (QED) is 0.799. The van der Waals surface area contributed by atoms with E-state index in [2.05, 4.69) is 21.0 Å². The Morgan fingerprint density at radius 3 is 3.12 bits per heavy atom. The zero-order valence-electron chi connectivity index (χ0n) is 9.82. The molecule has 0 radical (unpaired) electrons. The van der Waals surface area contributed by atoms with E-state index in [1.807, 2.05) is 14.0 Å². The number of hydrogen-bond donors (Lipinski definition) is 2. The van der Waals surface area contributed by atoms with Crippen LogP contribution in [0.5, 0.6) is 0 Å². The van der Waals surface area contributed by atoms with Crippen LogP contribution >= 0.6 is 11.3 Å². The summed E-state index contributed by atoms with van der Waals surface area (Å²) < 4.78 is 5.45. The summed E-state index contributed by atoms with van der Waals surface area (Å²) in [6.45, 7) is 5.58. The monoisotopic (exact) mass is 241 g/mol. The molecule has 0 saturated carbocycles. The molecule has 1 aliphatic heterocycles. The molecule has 1 aromatic heterocycles. The van der Waals surface area contributed by atoms with Gasteiger partial charge in [-0.15, -0.1) is 11.3 Å². The fourth-order valence-corrected chi connectivity index (χ4v) is 2.71. The first kappa shape index (κ1) is 12.0. The van der Waals surface area contributed by atoms with Crippen LogP contribution in [0.25, 0.3) is 0 Å². The highest BCUT2D eigenvalue weighted by Gasteiger charge is 2.26. The smallest absolute Gasteiger partial charge is 0.107 e. The van der Waals surface area contributed by atoms with E-state index in [0.717, 1.165) is 37.0 Å². The summed E-state index contributed by atoms with van der Waals surface area (Å²) in [5.41, 5.74) is 1.11. The molecule has 2 heterocycles. The first-order chi connectivity index (χ1) is 7.79. The van der Waals surface area contributed by atoms with Crippen LogP contribution in [0.15, 0.2) is 5.38 Å². The SMILES string of the molecule is CNC1COCC1CNCc1nc(C)cs1. The van der Waals surface area contributed by atoms with Crippen molar-refractivity contribution < 1.29 is 4.74 Å². The normalized spacial score (nSPS) is 25.1. The predicted octanol–water partition coefficient (Wildman–Crippen LogP) is 0.776. The Hall–Kier alpha value is -0.490. The second kappa shape index (κ2) is 5.72. The second-order valence-electron chi connectivity index (χ2n) is 4.21. The Kier molecular flexibility index (Phi) is 4.29. The molecule has 2 unspecified atom stereocenters. The number of nitrogens with one attached hydrogen (secondary N) is 2. The zero-order chi connectivity index (χ0) is 11.4. The highest BCUT2D eigenvalue weighted by Crippen LogP contribution is 2.13. The fourth-order valence-electron chi connectivity index (χ4n) is 1.97. The summed E-state index contributed by atoms with van der Waals surface area (Å²) in [6, 6.07) is 0.491. The van der Waals surface area contributed by atoms with E-state index in [1.165, 1.54) is 0 Å². The summed E-state index contributed by atoms with van der Waals surface area (Å²) in [7, 11) is 2.00. The Morgan fingerprint density at radius 2 is 2.44 bits per heavy atom. The minimum absolute atomic E-state index is 0.491. The Labute approximate surface area is 100 Å². The predicted molar refractivity (Wildman–Crippen MR) is 65.7 cm³/mol. The van der Waals surface area contributed by atoms with Gasteiger partial charge in [0, 0.05) is 36.1 Å². The van der Waals surface area contributed by atoms with Crippen LogP contribution in [0.3, 0.4) is 0 Å². The van der Waals surface area contributed by atoms with Crippen LogP contribution in [0.4, 0.5) is 0 Å². The summed E-state index contributed by atoms with van der Waals surface area (Å²) >= 11 is 1.72. The molecule has 1 fully saturated rings. The van der Waals surface area contributed by atoms with Crippen molar-refractivity contribution in [2.75, 3.05) is 26.8 Å². The van der Waals surface area contributed by atoms with Crippen LogP contribution in [0, 0.1) is 12.8 Å². The molecule has 1 aliphatic rings. The molecule has 5 heteroatoms. The molecule has 1 saturated heterocycles. The van der Waals surface area contributed by atoms with Gasteiger partial charge in [0.2, 0.25) is 0 Å². The molecule has 1 aromatic rings. The van der Waals surface area contributed by atoms with Gasteiger partial charge in [0.05, 0.1) is 13.2 Å². The van der Waals surface area contributed by atoms with Crippen LogP contribution in [0.1, 0.15) is 10.7 Å². The average molecular weight is 241 g/mol. The van der Waals surface area contributed by atoms with Crippen molar-refractivity contribution in [2.45, 2.75) is 19.5 Å². The highest BCUT2D eigenvalue weighted by atomic mass is 32.1. The van der Waals surface area contributed by atoms with Crippen molar-refractivity contribution in [3.8, 4) is 0 Å². The summed E-state index contributed by atoms with van der Waals surface area (Å²) in [5, 5.41) is 9.99. The average Bonchev–Trinajstić information content (AvgIpc) is 2.87. The van der Waals surface area contributed by atoms with Gasteiger partial charge in [0.1, 0.15) is 5.01 Å². The molecule has 16 heavy (non-hydrogen) atoms. The first-order valence-corrected chi connectivity index (χ1v) is 6.54. The third kappa shape index (κ3) is 3.01. The number of aromatic nitrogens is 1. The maximum absolute atomic E-state index is 5.45. The standard InChI is InChI=1S/C11H19N3OS/c1-8-7-16-11(14-8)4-13-3-9-5-15-6-10(9)12-2/h7,9-10,12-13H,3-6H2,1-2H3. The molecular weight excluding hydrogens is 222 g/mol. The molecule has 90 valence electrons. The molecule has 4 nitrogen and oxygen atoms in total. The maximum Gasteiger partial charge on any atom is 0.107 e. The van der Waals surface area contributed by atoms with Gasteiger partial charge in [-0.2, -0.15) is 0 Å². The molecule has 2 rings (SSSR count). The lowest BCUT2D eigenvalue weighted by atomic mass is 10.0. The van der Waals surface area contributed by atoms with E-state index in [0.29, 0.717) is 12.0 Å². The lowest BCUT2D eigenvalue weighted by molar-refractivity contribution is 0.182. The van der Waals surface area contributed by atoms with E-state index in [9.17, 15) is 0 Å². The zero-order valence-corrected chi connectivity index (χ0v) is 10.6. The summed E-state index contributed by atoms with van der Waals surface area (Å²) in [5.74, 6) is 0.575. The fraction of sp³-hybridized carbons (Fsp3) is 0.727. The van der Waals surface area contributed by atoms with Gasteiger partial charge in [-0.25, -0.2) is 4.98 Å². The Balaban J connectivity index is 1.71. The number of thiazole rings is 1. The van der Waals surface area contributed by atoms with Crippen LogP contribution in [-0.2, 0) is 11.3 Å². The first-order valence-electron chi connectivity index (χ1n) is 5.66. The number of ether oxygens (including phenoxy) is 1. The van der Waals surface area contributed by atoms with Gasteiger partial charge in [-0.05, 0) is 14.0 Å². The minimum atomic E-state index is 0.491. The van der Waals surface area contributed by atoms with Crippen molar-refractivity contribution in [2.24, 2.45) is 5.92 Å². The maximum atomic E-state index is 5.45. The third-order valence-electron chi connectivity index (χ3n) is 2.92. The van der Waals surface area contributed by atoms with E-state index in [4.69, 9.17) is 4.74 Å². The number of rotatable bonds is 5. The Morgan fingerprint density at radius 1 is 1.56 bits per heavy atom. The van der Waals surface area contributed by atoms with Crippen LogP contribution in [-0.4, -0.2) is 37.8 Å². The van der Waals surface area contributed by atoms with Crippen molar-refractivity contribution in [1.29, 1.82) is 0 Å². The van der Waals surface area contributed by atoms with Crippen LogP contribution in [0.2, 0.25) is 0 Å². The topological polar surface area (TPSA) is 46.2 Å². The molecular formula is C11H19N3OS. The van der Waals surface area contributed by atoms with Gasteiger partial charge in [0.25, 0.3) is 0 Å². The molecule has 0 bridgehead atoms. The van der Waals surface area contributed by atoms with E-state index < -0.39 is 0 Å². The number of hydrogen-bond acceptors (Lipinski definition) is 5. The largest absolute Gasteiger partial charge is 0.379 e. The molecule has 0 aliphatic carbocycles. The lowest BCUT2D eigenvalue weighted by Gasteiger charge is -2.16. The van der Waals surface area contributed by atoms with Gasteiger partial charge in [-0.3, -0.25) is 0 Å². The van der Waals surface area contributed by atoms with Gasteiger partial charge in [0.15, 0.2) is 0 Å². The van der Waals surface area contributed by atoms with Gasteiger partial charge in [-0.1, -0.05) is 0 Å². The third-order valence-corrected chi connectivity index (χ3v) is 3.89. The van der Waals surface area contributed by atoms with Crippen molar-refractivity contribution >= 4 is 11.3 Å². The Bertz CT molecular complexity index is 329. The van der Waals surface area contributed by atoms with Crippen molar-refractivity contribution in [1.82, 2.24) is 15.6 Å².